The van der Waals surface area contributed by atoms with Crippen LogP contribution in [0.3, 0.4) is 0 Å². The van der Waals surface area contributed by atoms with Gasteiger partial charge in [0.25, 0.3) is 0 Å². The van der Waals surface area contributed by atoms with Crippen molar-refractivity contribution >= 4 is 11.7 Å². The molecule has 0 saturated carbocycles. The number of carbonyl (C=O) groups excluding carboxylic acids is 1. The Morgan fingerprint density at radius 2 is 2.24 bits per heavy atom. The average Bonchev–Trinajstić information content (AvgIpc) is 2.34. The van der Waals surface area contributed by atoms with Crippen molar-refractivity contribution in [3.8, 4) is 0 Å². The van der Waals surface area contributed by atoms with E-state index in [0.717, 1.165) is 0 Å². The number of nitrogens with two attached hydrogens (primary N) is 1. The van der Waals surface area contributed by atoms with E-state index in [1.165, 1.54) is 0 Å². The molecule has 0 heterocycles. The van der Waals surface area contributed by atoms with E-state index in [-0.39, 0.29) is 17.8 Å². The van der Waals surface area contributed by atoms with E-state index in [1.54, 1.807) is 14.0 Å². The number of nitrogens with one attached hydrogen (secondary N) is 2. The number of nitrogens with zero attached hydrogens (tertiary/aromatic N) is 1. The van der Waals surface area contributed by atoms with Crippen molar-refractivity contribution in [3.63, 3.8) is 0 Å². The third-order valence-corrected chi connectivity index (χ3v) is 2.19. The quantitative estimate of drug-likeness (QED) is 0.141. The molecule has 0 fully saturated rings. The second-order valence-electron chi connectivity index (χ2n) is 3.65. The van der Waals surface area contributed by atoms with Crippen LogP contribution < -0.4 is 16.4 Å². The highest BCUT2D eigenvalue weighted by Gasteiger charge is 2.10. The monoisotopic (exact) mass is 246 g/mol. The van der Waals surface area contributed by atoms with Gasteiger partial charge in [0.15, 0.2) is 0 Å². The maximum atomic E-state index is 11.5. The molecular weight excluding hydrogens is 224 g/mol. The van der Waals surface area contributed by atoms with Gasteiger partial charge in [-0.25, -0.2) is 0 Å². The van der Waals surface area contributed by atoms with E-state index in [2.05, 4.69) is 15.8 Å². The minimum Gasteiger partial charge on any atom is -0.409 e. The van der Waals surface area contributed by atoms with Gasteiger partial charge in [0, 0.05) is 20.1 Å². The summed E-state index contributed by atoms with van der Waals surface area (Å²) in [4.78, 5) is 11.5. The number of hydrogen-bond donors (Lipinski definition) is 4. The Balaban J connectivity index is 3.57. The molecular formula is C10H22N4O3. The first-order valence-corrected chi connectivity index (χ1v) is 5.58. The molecule has 7 heteroatoms. The lowest BCUT2D eigenvalue weighted by molar-refractivity contribution is -0.122. The average molecular weight is 246 g/mol. The van der Waals surface area contributed by atoms with Gasteiger partial charge in [-0.2, -0.15) is 0 Å². The van der Waals surface area contributed by atoms with Crippen LogP contribution in [-0.2, 0) is 9.53 Å². The van der Waals surface area contributed by atoms with Gasteiger partial charge in [-0.15, -0.1) is 0 Å². The maximum absolute atomic E-state index is 11.5. The number of carbonyl (C=O) groups is 1. The van der Waals surface area contributed by atoms with Gasteiger partial charge in [-0.1, -0.05) is 5.16 Å². The molecule has 0 rings (SSSR count). The van der Waals surface area contributed by atoms with Gasteiger partial charge in [0.1, 0.15) is 5.84 Å². The van der Waals surface area contributed by atoms with Crippen LogP contribution in [-0.4, -0.2) is 49.8 Å². The molecule has 0 aliphatic carbocycles. The van der Waals surface area contributed by atoms with Crippen molar-refractivity contribution in [2.75, 3.05) is 26.8 Å². The standard InChI is InChI=1S/C10H22N4O3/c1-8(10(15)13-6-7-17-2)12-5-3-4-9(11)14-16/h8,12,16H,3-7H2,1-2H3,(H2,11,14)(H,13,15). The molecule has 1 amide bonds. The fraction of sp³-hybridized carbons (Fsp3) is 0.800. The largest absolute Gasteiger partial charge is 0.409 e. The summed E-state index contributed by atoms with van der Waals surface area (Å²) in [6.45, 7) is 3.42. The topological polar surface area (TPSA) is 109 Å². The van der Waals surface area contributed by atoms with E-state index in [0.29, 0.717) is 32.5 Å². The number of amidine groups is 1. The highest BCUT2D eigenvalue weighted by molar-refractivity contribution is 5.81. The molecule has 1 atom stereocenters. The van der Waals surface area contributed by atoms with E-state index < -0.39 is 0 Å². The van der Waals surface area contributed by atoms with Crippen molar-refractivity contribution in [2.45, 2.75) is 25.8 Å². The zero-order valence-electron chi connectivity index (χ0n) is 10.4. The molecule has 0 aliphatic rings. The Hall–Kier alpha value is -1.34. The predicted molar refractivity (Wildman–Crippen MR) is 65.0 cm³/mol. The molecule has 0 spiro atoms. The number of hydrogen-bond acceptors (Lipinski definition) is 5. The van der Waals surface area contributed by atoms with Gasteiger partial charge in [-0.3, -0.25) is 4.79 Å². The van der Waals surface area contributed by atoms with Crippen molar-refractivity contribution in [1.29, 1.82) is 0 Å². The minimum absolute atomic E-state index is 0.0640. The van der Waals surface area contributed by atoms with Crippen LogP contribution in [0.1, 0.15) is 19.8 Å². The van der Waals surface area contributed by atoms with Crippen LogP contribution in [0.4, 0.5) is 0 Å². The molecule has 100 valence electrons. The lowest BCUT2D eigenvalue weighted by Gasteiger charge is -2.13. The Morgan fingerprint density at radius 1 is 1.53 bits per heavy atom. The summed E-state index contributed by atoms with van der Waals surface area (Å²) in [5.74, 6) is 0.134. The Kier molecular flexibility index (Phi) is 9.08. The number of rotatable bonds is 9. The highest BCUT2D eigenvalue weighted by Crippen LogP contribution is 1.89. The van der Waals surface area contributed by atoms with Crippen molar-refractivity contribution in [3.05, 3.63) is 0 Å². The van der Waals surface area contributed by atoms with E-state index in [4.69, 9.17) is 15.7 Å². The Morgan fingerprint density at radius 3 is 2.82 bits per heavy atom. The molecule has 17 heavy (non-hydrogen) atoms. The van der Waals surface area contributed by atoms with Crippen LogP contribution in [0.5, 0.6) is 0 Å². The molecule has 0 saturated heterocycles. The van der Waals surface area contributed by atoms with Gasteiger partial charge < -0.3 is 26.3 Å². The Bertz CT molecular complexity index is 246. The summed E-state index contributed by atoms with van der Waals surface area (Å²) in [6, 6.07) is -0.265. The molecule has 0 aromatic heterocycles. The summed E-state index contributed by atoms with van der Waals surface area (Å²) in [7, 11) is 1.58. The van der Waals surface area contributed by atoms with Crippen molar-refractivity contribution in [1.82, 2.24) is 10.6 Å². The highest BCUT2D eigenvalue weighted by atomic mass is 16.5. The molecule has 1 unspecified atom stereocenters. The first kappa shape index (κ1) is 15.7. The fourth-order valence-electron chi connectivity index (χ4n) is 1.16. The molecule has 0 aromatic rings. The third kappa shape index (κ3) is 8.47. The van der Waals surface area contributed by atoms with Crippen LogP contribution in [0, 0.1) is 0 Å². The number of methoxy groups -OCH3 is 1. The van der Waals surface area contributed by atoms with Crippen LogP contribution >= 0.6 is 0 Å². The summed E-state index contributed by atoms with van der Waals surface area (Å²) in [5.41, 5.74) is 5.31. The molecule has 5 N–H and O–H groups in total. The summed E-state index contributed by atoms with van der Waals surface area (Å²) in [6.07, 6.45) is 1.22. The van der Waals surface area contributed by atoms with Gasteiger partial charge >= 0.3 is 0 Å². The zero-order chi connectivity index (χ0) is 13.1. The molecule has 0 aromatic carbocycles. The van der Waals surface area contributed by atoms with Crippen LogP contribution in [0.2, 0.25) is 0 Å². The third-order valence-electron chi connectivity index (χ3n) is 2.19. The predicted octanol–water partition coefficient (Wildman–Crippen LogP) is -0.746. The summed E-state index contributed by atoms with van der Waals surface area (Å²) in [5, 5.41) is 17.0. The first-order chi connectivity index (χ1) is 8.11. The van der Waals surface area contributed by atoms with Crippen LogP contribution in [0.15, 0.2) is 5.16 Å². The number of ether oxygens (including phenoxy) is 1. The minimum atomic E-state index is -0.265. The zero-order valence-corrected chi connectivity index (χ0v) is 10.4. The SMILES string of the molecule is COCCNC(=O)C(C)NCCCC(N)=NO. The number of amides is 1. The van der Waals surface area contributed by atoms with Gasteiger partial charge in [0.05, 0.1) is 12.6 Å². The van der Waals surface area contributed by atoms with Crippen molar-refractivity contribution in [2.24, 2.45) is 10.9 Å². The smallest absolute Gasteiger partial charge is 0.236 e. The number of oxime groups is 1. The van der Waals surface area contributed by atoms with Crippen LogP contribution in [0.25, 0.3) is 0 Å². The summed E-state index contributed by atoms with van der Waals surface area (Å²) >= 11 is 0. The molecule has 0 aliphatic heterocycles. The summed E-state index contributed by atoms with van der Waals surface area (Å²) < 4.78 is 4.82. The fourth-order valence-corrected chi connectivity index (χ4v) is 1.16. The lowest BCUT2D eigenvalue weighted by Crippen LogP contribution is -2.43. The van der Waals surface area contributed by atoms with Gasteiger partial charge in [0.2, 0.25) is 5.91 Å². The van der Waals surface area contributed by atoms with E-state index in [9.17, 15) is 4.79 Å². The second kappa shape index (κ2) is 9.86. The molecule has 0 bridgehead atoms. The lowest BCUT2D eigenvalue weighted by atomic mass is 10.2. The molecule has 7 nitrogen and oxygen atoms in total. The Labute approximate surface area is 101 Å². The first-order valence-electron chi connectivity index (χ1n) is 5.58. The second-order valence-corrected chi connectivity index (χ2v) is 3.65. The van der Waals surface area contributed by atoms with E-state index >= 15 is 0 Å². The normalized spacial score (nSPS) is 13.4. The maximum Gasteiger partial charge on any atom is 0.236 e. The van der Waals surface area contributed by atoms with Gasteiger partial charge in [-0.05, 0) is 19.9 Å². The van der Waals surface area contributed by atoms with Crippen molar-refractivity contribution < 1.29 is 14.7 Å². The molecule has 0 radical (unpaired) electrons. The van der Waals surface area contributed by atoms with E-state index in [1.807, 2.05) is 0 Å².